The van der Waals surface area contributed by atoms with Gasteiger partial charge in [-0.3, -0.25) is 0 Å². The lowest BCUT2D eigenvalue weighted by atomic mass is 10.0. The smallest absolute Gasteiger partial charge is 0.129 e. The molecule has 3 aromatic rings. The normalized spacial score (nSPS) is 15.3. The average molecular weight is 382 g/mol. The zero-order chi connectivity index (χ0) is 18.8. The summed E-state index contributed by atoms with van der Waals surface area (Å²) in [5.74, 6) is 1.29. The maximum atomic E-state index is 9.61. The second-order valence-corrected chi connectivity index (χ2v) is 7.46. The zero-order valence-electron chi connectivity index (χ0n) is 15.5. The lowest BCUT2D eigenvalue weighted by Crippen LogP contribution is -2.45. The number of nitrogens with zero attached hydrogens (tertiary/aromatic N) is 3. The molecule has 1 aliphatic heterocycles. The van der Waals surface area contributed by atoms with Crippen LogP contribution >= 0.6 is 11.6 Å². The minimum Gasteiger partial charge on any atom is -0.508 e. The molecule has 1 saturated heterocycles. The van der Waals surface area contributed by atoms with Crippen molar-refractivity contribution in [3.8, 4) is 5.75 Å². The molecule has 27 heavy (non-hydrogen) atoms. The van der Waals surface area contributed by atoms with Crippen LogP contribution in [0.4, 0.5) is 11.5 Å². The van der Waals surface area contributed by atoms with Crippen LogP contribution < -0.4 is 9.80 Å². The molecule has 0 spiro atoms. The van der Waals surface area contributed by atoms with Crippen LogP contribution in [0.2, 0.25) is 5.02 Å². The van der Waals surface area contributed by atoms with Crippen LogP contribution in [-0.2, 0) is 0 Å². The Morgan fingerprint density at radius 2 is 1.81 bits per heavy atom. The molecule has 0 radical (unpaired) electrons. The molecule has 0 atom stereocenters. The Labute approximate surface area is 165 Å². The third-order valence-corrected chi connectivity index (χ3v) is 5.64. The van der Waals surface area contributed by atoms with Crippen molar-refractivity contribution in [3.63, 3.8) is 0 Å². The largest absolute Gasteiger partial charge is 0.508 e. The van der Waals surface area contributed by atoms with Crippen molar-refractivity contribution in [2.24, 2.45) is 0 Å². The van der Waals surface area contributed by atoms with Gasteiger partial charge in [-0.2, -0.15) is 0 Å². The molecule has 2 aromatic carbocycles. The minimum absolute atomic E-state index is 0.278. The maximum Gasteiger partial charge on any atom is 0.129 e. The molecule has 0 aliphatic carbocycles. The van der Waals surface area contributed by atoms with E-state index in [1.807, 2.05) is 24.3 Å². The molecule has 2 heterocycles. The first-order chi connectivity index (χ1) is 13.1. The average Bonchev–Trinajstić information content (AvgIpc) is 2.70. The number of fused-ring (bicyclic) bond motifs is 1. The lowest BCUT2D eigenvalue weighted by Gasteiger charge is -2.40. The number of phenols is 1. The van der Waals surface area contributed by atoms with Gasteiger partial charge >= 0.3 is 0 Å². The van der Waals surface area contributed by atoms with Crippen LogP contribution in [0.25, 0.3) is 10.9 Å². The van der Waals surface area contributed by atoms with Crippen molar-refractivity contribution in [2.45, 2.75) is 25.8 Å². The number of aromatic nitrogens is 1. The number of anilines is 2. The molecule has 0 saturated carbocycles. The van der Waals surface area contributed by atoms with Gasteiger partial charge in [0.1, 0.15) is 11.6 Å². The summed E-state index contributed by atoms with van der Waals surface area (Å²) in [5, 5.41) is 11.4. The molecular formula is C22H24ClN3O. The molecule has 5 heteroatoms. The highest BCUT2D eigenvalue weighted by Gasteiger charge is 2.24. The molecule has 0 amide bonds. The Balaban J connectivity index is 1.46. The van der Waals surface area contributed by atoms with E-state index in [9.17, 15) is 5.11 Å². The summed E-state index contributed by atoms with van der Waals surface area (Å²) < 4.78 is 0. The van der Waals surface area contributed by atoms with Gasteiger partial charge < -0.3 is 14.9 Å². The molecular weight excluding hydrogens is 358 g/mol. The number of rotatable bonds is 4. The molecule has 0 bridgehead atoms. The number of phenolic OH excluding ortho intramolecular Hbond substituents is 1. The number of benzene rings is 2. The third kappa shape index (κ3) is 3.81. The molecule has 1 N–H and O–H groups in total. The van der Waals surface area contributed by atoms with Crippen LogP contribution in [0.1, 0.15) is 19.8 Å². The molecule has 0 unspecified atom stereocenters. The van der Waals surface area contributed by atoms with Crippen molar-refractivity contribution in [2.75, 3.05) is 29.4 Å². The first-order valence-electron chi connectivity index (χ1n) is 9.51. The Morgan fingerprint density at radius 3 is 2.52 bits per heavy atom. The first-order valence-corrected chi connectivity index (χ1v) is 9.89. The van der Waals surface area contributed by atoms with Crippen LogP contribution in [0.5, 0.6) is 5.75 Å². The van der Waals surface area contributed by atoms with Gasteiger partial charge in [0.15, 0.2) is 0 Å². The molecule has 1 aromatic heterocycles. The van der Waals surface area contributed by atoms with Gasteiger partial charge in [0.25, 0.3) is 0 Å². The van der Waals surface area contributed by atoms with Crippen molar-refractivity contribution >= 4 is 34.0 Å². The predicted molar refractivity (Wildman–Crippen MR) is 113 cm³/mol. The first kappa shape index (κ1) is 17.9. The summed E-state index contributed by atoms with van der Waals surface area (Å²) in [6.07, 6.45) is 2.21. The number of aromatic hydroxyl groups is 1. The Morgan fingerprint density at radius 1 is 1.07 bits per heavy atom. The van der Waals surface area contributed by atoms with Gasteiger partial charge in [-0.25, -0.2) is 4.98 Å². The molecule has 140 valence electrons. The second kappa shape index (κ2) is 7.65. The van der Waals surface area contributed by atoms with Crippen LogP contribution in [-0.4, -0.2) is 35.8 Å². The molecule has 1 aliphatic rings. The van der Waals surface area contributed by atoms with Gasteiger partial charge in [-0.1, -0.05) is 11.6 Å². The summed E-state index contributed by atoms with van der Waals surface area (Å²) in [4.78, 5) is 9.62. The third-order valence-electron chi connectivity index (χ3n) is 5.39. The highest BCUT2D eigenvalue weighted by Crippen LogP contribution is 2.28. The fourth-order valence-corrected chi connectivity index (χ4v) is 4.10. The van der Waals surface area contributed by atoms with E-state index < -0.39 is 0 Å². The van der Waals surface area contributed by atoms with Gasteiger partial charge in [0.2, 0.25) is 0 Å². The highest BCUT2D eigenvalue weighted by molar-refractivity contribution is 6.30. The summed E-state index contributed by atoms with van der Waals surface area (Å²) in [5.41, 5.74) is 2.16. The van der Waals surface area contributed by atoms with Crippen molar-refractivity contribution in [1.82, 2.24) is 4.98 Å². The summed E-state index contributed by atoms with van der Waals surface area (Å²) >= 11 is 6.04. The van der Waals surface area contributed by atoms with Gasteiger partial charge in [-0.15, -0.1) is 0 Å². The van der Waals surface area contributed by atoms with E-state index in [0.29, 0.717) is 6.04 Å². The zero-order valence-corrected chi connectivity index (χ0v) is 16.2. The van der Waals surface area contributed by atoms with Crippen molar-refractivity contribution < 1.29 is 5.11 Å². The maximum absolute atomic E-state index is 9.61. The Hall–Kier alpha value is -2.46. The van der Waals surface area contributed by atoms with E-state index in [0.717, 1.165) is 54.2 Å². The number of hydrogen-bond acceptors (Lipinski definition) is 4. The van der Waals surface area contributed by atoms with E-state index in [-0.39, 0.29) is 5.75 Å². The van der Waals surface area contributed by atoms with E-state index in [1.54, 1.807) is 12.1 Å². The van der Waals surface area contributed by atoms with E-state index >= 15 is 0 Å². The van der Waals surface area contributed by atoms with Crippen LogP contribution in [0.15, 0.2) is 54.6 Å². The summed E-state index contributed by atoms with van der Waals surface area (Å²) in [6.45, 7) is 5.18. The fourth-order valence-electron chi connectivity index (χ4n) is 3.97. The van der Waals surface area contributed by atoms with Crippen LogP contribution in [0, 0.1) is 0 Å². The number of piperidine rings is 1. The monoisotopic (exact) mass is 381 g/mol. The Bertz CT molecular complexity index is 920. The standard InChI is InChI=1S/C22H24ClN3O/c1-2-26(18-6-4-17(23)5-7-18)19-11-13-25(14-12-19)22-10-3-16-15-20(27)8-9-21(16)24-22/h3-10,15,19,27H,2,11-14H2,1H3. The molecule has 1 fully saturated rings. The van der Waals surface area contributed by atoms with Gasteiger partial charge in [-0.05, 0) is 74.4 Å². The highest BCUT2D eigenvalue weighted by atomic mass is 35.5. The van der Waals surface area contributed by atoms with Gasteiger partial charge in [0, 0.05) is 41.8 Å². The van der Waals surface area contributed by atoms with Gasteiger partial charge in [0.05, 0.1) is 5.52 Å². The Kier molecular flexibility index (Phi) is 5.08. The summed E-state index contributed by atoms with van der Waals surface area (Å²) in [7, 11) is 0. The number of hydrogen-bond donors (Lipinski definition) is 1. The number of halogens is 1. The van der Waals surface area contributed by atoms with E-state index in [4.69, 9.17) is 16.6 Å². The SMILES string of the molecule is CCN(c1ccc(Cl)cc1)C1CCN(c2ccc3cc(O)ccc3n2)CC1. The number of pyridine rings is 1. The quantitative estimate of drug-likeness (QED) is 0.683. The van der Waals surface area contributed by atoms with E-state index in [1.165, 1.54) is 5.69 Å². The fraction of sp³-hybridized carbons (Fsp3) is 0.318. The van der Waals surface area contributed by atoms with Crippen LogP contribution in [0.3, 0.4) is 0 Å². The van der Waals surface area contributed by atoms with E-state index in [2.05, 4.69) is 34.9 Å². The minimum atomic E-state index is 0.278. The molecule has 4 nitrogen and oxygen atoms in total. The summed E-state index contributed by atoms with van der Waals surface area (Å²) in [6, 6.07) is 18.1. The predicted octanol–water partition coefficient (Wildman–Crippen LogP) is 5.09. The molecule has 4 rings (SSSR count). The topological polar surface area (TPSA) is 39.6 Å². The van der Waals surface area contributed by atoms with Crippen molar-refractivity contribution in [1.29, 1.82) is 0 Å². The lowest BCUT2D eigenvalue weighted by molar-refractivity contribution is 0.468. The second-order valence-electron chi connectivity index (χ2n) is 7.03. The van der Waals surface area contributed by atoms with Crippen molar-refractivity contribution in [3.05, 3.63) is 59.6 Å².